The topological polar surface area (TPSA) is 60.1 Å². The molecule has 0 saturated carbocycles. The van der Waals surface area contributed by atoms with Crippen LogP contribution < -0.4 is 10.9 Å². The molecule has 2 aromatic heterocycles. The first-order chi connectivity index (χ1) is 8.59. The molecule has 18 heavy (non-hydrogen) atoms. The van der Waals surface area contributed by atoms with E-state index >= 15 is 0 Å². The van der Waals surface area contributed by atoms with Gasteiger partial charge in [-0.3, -0.25) is 4.79 Å². The first kappa shape index (κ1) is 12.9. The first-order valence-electron chi connectivity index (χ1n) is 5.62. The van der Waals surface area contributed by atoms with Crippen molar-refractivity contribution >= 4 is 21.6 Å². The third-order valence-electron chi connectivity index (χ3n) is 2.50. The molecular weight excluding hydrogens is 298 g/mol. The van der Waals surface area contributed by atoms with Gasteiger partial charge in [0.2, 0.25) is 0 Å². The minimum absolute atomic E-state index is 0.0386. The lowest BCUT2D eigenvalue weighted by Gasteiger charge is -2.11. The molecular formula is C12H14BrN3O2. The molecule has 2 aromatic rings. The van der Waals surface area contributed by atoms with E-state index in [0.29, 0.717) is 16.7 Å². The summed E-state index contributed by atoms with van der Waals surface area (Å²) < 4.78 is 6.91. The fraction of sp³-hybridized carbons (Fsp3) is 0.333. The Morgan fingerprint density at radius 3 is 2.94 bits per heavy atom. The van der Waals surface area contributed by atoms with Crippen molar-refractivity contribution in [3.63, 3.8) is 0 Å². The van der Waals surface area contributed by atoms with E-state index in [1.165, 1.54) is 4.68 Å². The van der Waals surface area contributed by atoms with E-state index in [2.05, 4.69) is 26.3 Å². The maximum atomic E-state index is 12.0. The van der Waals surface area contributed by atoms with Gasteiger partial charge in [0.15, 0.2) is 0 Å². The summed E-state index contributed by atoms with van der Waals surface area (Å²) in [5.41, 5.74) is 1.55. The van der Waals surface area contributed by atoms with Gasteiger partial charge in [0.1, 0.15) is 4.47 Å². The molecule has 0 unspecified atom stereocenters. The first-order valence-corrected chi connectivity index (χ1v) is 6.41. The molecule has 0 atom stereocenters. The van der Waals surface area contributed by atoms with Crippen LogP contribution in [0.5, 0.6) is 0 Å². The van der Waals surface area contributed by atoms with E-state index < -0.39 is 0 Å². The number of nitrogens with one attached hydrogen (secondary N) is 1. The monoisotopic (exact) mass is 311 g/mol. The molecule has 6 heteroatoms. The summed E-state index contributed by atoms with van der Waals surface area (Å²) in [5.74, 6) is 0. The van der Waals surface area contributed by atoms with Gasteiger partial charge in [-0.1, -0.05) is 0 Å². The number of hydrogen-bond donors (Lipinski definition) is 1. The maximum absolute atomic E-state index is 12.0. The van der Waals surface area contributed by atoms with Crippen LogP contribution in [-0.2, 0) is 6.54 Å². The highest BCUT2D eigenvalue weighted by atomic mass is 79.9. The summed E-state index contributed by atoms with van der Waals surface area (Å²) in [4.78, 5) is 12.0. The average molecular weight is 312 g/mol. The van der Waals surface area contributed by atoms with Gasteiger partial charge in [0, 0.05) is 12.1 Å². The van der Waals surface area contributed by atoms with Crippen molar-refractivity contribution in [3.05, 3.63) is 45.2 Å². The predicted octanol–water partition coefficient (Wildman–Crippen LogP) is 2.79. The number of aromatic nitrogens is 2. The molecule has 0 radical (unpaired) electrons. The van der Waals surface area contributed by atoms with Gasteiger partial charge < -0.3 is 9.73 Å². The lowest BCUT2D eigenvalue weighted by atomic mass is 10.3. The summed E-state index contributed by atoms with van der Waals surface area (Å²) >= 11 is 3.30. The van der Waals surface area contributed by atoms with Crippen molar-refractivity contribution in [1.82, 2.24) is 9.78 Å². The number of halogens is 1. The van der Waals surface area contributed by atoms with E-state index in [-0.39, 0.29) is 11.6 Å². The lowest BCUT2D eigenvalue weighted by Crippen LogP contribution is -2.26. The van der Waals surface area contributed by atoms with Gasteiger partial charge in [-0.25, -0.2) is 4.68 Å². The van der Waals surface area contributed by atoms with E-state index in [1.54, 1.807) is 18.7 Å². The fourth-order valence-corrected chi connectivity index (χ4v) is 1.95. The second kappa shape index (κ2) is 5.39. The second-order valence-corrected chi connectivity index (χ2v) is 4.99. The number of nitrogens with zero attached hydrogens (tertiary/aromatic N) is 2. The largest absolute Gasteiger partial charge is 0.472 e. The number of anilines is 1. The Morgan fingerprint density at radius 2 is 2.33 bits per heavy atom. The zero-order valence-electron chi connectivity index (χ0n) is 10.2. The highest BCUT2D eigenvalue weighted by Crippen LogP contribution is 2.18. The smallest absolute Gasteiger partial charge is 0.283 e. The molecule has 5 nitrogen and oxygen atoms in total. The number of rotatable bonds is 4. The Kier molecular flexibility index (Phi) is 3.86. The van der Waals surface area contributed by atoms with Gasteiger partial charge in [0.05, 0.1) is 30.5 Å². The molecule has 1 N–H and O–H groups in total. The van der Waals surface area contributed by atoms with Gasteiger partial charge in [0.25, 0.3) is 5.56 Å². The SMILES string of the molecule is CC(C)n1ncc(NCc2ccoc2)c(Br)c1=O. The van der Waals surface area contributed by atoms with Gasteiger partial charge in [-0.05, 0) is 35.8 Å². The Balaban J connectivity index is 2.20. The van der Waals surface area contributed by atoms with E-state index in [0.717, 1.165) is 5.56 Å². The van der Waals surface area contributed by atoms with E-state index in [4.69, 9.17) is 4.42 Å². The molecule has 0 aromatic carbocycles. The Bertz CT molecular complexity index is 576. The van der Waals surface area contributed by atoms with Gasteiger partial charge in [-0.2, -0.15) is 5.10 Å². The quantitative estimate of drug-likeness (QED) is 0.943. The number of furan rings is 1. The highest BCUT2D eigenvalue weighted by Gasteiger charge is 2.10. The Hall–Kier alpha value is -1.56. The standard InChI is InChI=1S/C12H14BrN3O2/c1-8(2)16-12(17)11(13)10(6-15-16)14-5-9-3-4-18-7-9/h3-4,6-8,14H,5H2,1-2H3. The van der Waals surface area contributed by atoms with Crippen LogP contribution in [0.3, 0.4) is 0 Å². The van der Waals surface area contributed by atoms with Gasteiger partial charge in [-0.15, -0.1) is 0 Å². The normalized spacial score (nSPS) is 10.9. The van der Waals surface area contributed by atoms with E-state index in [9.17, 15) is 4.79 Å². The average Bonchev–Trinajstić information content (AvgIpc) is 2.83. The minimum atomic E-state index is -0.137. The minimum Gasteiger partial charge on any atom is -0.472 e. The Labute approximate surface area is 113 Å². The Morgan fingerprint density at radius 1 is 1.56 bits per heavy atom. The van der Waals surface area contributed by atoms with E-state index in [1.807, 2.05) is 19.9 Å². The zero-order valence-corrected chi connectivity index (χ0v) is 11.8. The van der Waals surface area contributed by atoms with Crippen LogP contribution >= 0.6 is 15.9 Å². The van der Waals surface area contributed by atoms with Crippen molar-refractivity contribution < 1.29 is 4.42 Å². The number of hydrogen-bond acceptors (Lipinski definition) is 4. The molecule has 2 heterocycles. The highest BCUT2D eigenvalue weighted by molar-refractivity contribution is 9.10. The van der Waals surface area contributed by atoms with Crippen LogP contribution in [0.15, 0.2) is 38.5 Å². The van der Waals surface area contributed by atoms with Crippen LogP contribution in [0.25, 0.3) is 0 Å². The molecule has 0 fully saturated rings. The van der Waals surface area contributed by atoms with Crippen LogP contribution in [0.2, 0.25) is 0 Å². The van der Waals surface area contributed by atoms with Crippen LogP contribution in [0.1, 0.15) is 25.5 Å². The molecule has 0 aliphatic heterocycles. The molecule has 0 saturated heterocycles. The summed E-state index contributed by atoms with van der Waals surface area (Å²) in [6.45, 7) is 4.42. The predicted molar refractivity (Wildman–Crippen MR) is 72.6 cm³/mol. The molecule has 0 amide bonds. The van der Waals surface area contributed by atoms with Crippen molar-refractivity contribution in [3.8, 4) is 0 Å². The van der Waals surface area contributed by atoms with Crippen LogP contribution in [0, 0.1) is 0 Å². The lowest BCUT2D eigenvalue weighted by molar-refractivity contribution is 0.501. The second-order valence-electron chi connectivity index (χ2n) is 4.20. The third kappa shape index (κ3) is 2.64. The third-order valence-corrected chi connectivity index (χ3v) is 3.26. The molecule has 0 spiro atoms. The summed E-state index contributed by atoms with van der Waals surface area (Å²) in [6, 6.07) is 1.90. The van der Waals surface area contributed by atoms with Crippen molar-refractivity contribution in [1.29, 1.82) is 0 Å². The van der Waals surface area contributed by atoms with Gasteiger partial charge >= 0.3 is 0 Å². The molecule has 0 aliphatic rings. The molecule has 0 bridgehead atoms. The zero-order chi connectivity index (χ0) is 13.1. The van der Waals surface area contributed by atoms with Crippen molar-refractivity contribution in [2.24, 2.45) is 0 Å². The molecule has 2 rings (SSSR count). The van der Waals surface area contributed by atoms with Crippen LogP contribution in [0.4, 0.5) is 5.69 Å². The fourth-order valence-electron chi connectivity index (χ4n) is 1.53. The summed E-state index contributed by atoms with van der Waals surface area (Å²) in [6.07, 6.45) is 4.91. The summed E-state index contributed by atoms with van der Waals surface area (Å²) in [7, 11) is 0. The van der Waals surface area contributed by atoms with Crippen molar-refractivity contribution in [2.75, 3.05) is 5.32 Å². The molecule has 0 aliphatic carbocycles. The summed E-state index contributed by atoms with van der Waals surface area (Å²) in [5, 5.41) is 7.27. The maximum Gasteiger partial charge on any atom is 0.283 e. The van der Waals surface area contributed by atoms with Crippen molar-refractivity contribution in [2.45, 2.75) is 26.4 Å². The van der Waals surface area contributed by atoms with Crippen LogP contribution in [-0.4, -0.2) is 9.78 Å². The molecule has 96 valence electrons.